The van der Waals surface area contributed by atoms with Gasteiger partial charge in [-0.1, -0.05) is 12.1 Å². The van der Waals surface area contributed by atoms with Crippen LogP contribution >= 0.6 is 0 Å². The molecule has 0 saturated carbocycles. The Morgan fingerprint density at radius 1 is 1.35 bits per heavy atom. The van der Waals surface area contributed by atoms with Crippen LogP contribution in [0.4, 0.5) is 11.5 Å². The van der Waals surface area contributed by atoms with Crippen LogP contribution in [-0.2, 0) is 0 Å². The van der Waals surface area contributed by atoms with Crippen molar-refractivity contribution in [2.75, 3.05) is 17.3 Å². The average Bonchev–Trinajstić information content (AvgIpc) is 2.49. The summed E-state index contributed by atoms with van der Waals surface area (Å²) in [5.74, 6) is 5.76. The number of hydrogen-bond acceptors (Lipinski definition) is 6. The Kier molecular flexibility index (Phi) is 4.46. The molecule has 0 atom stereocenters. The third-order valence-corrected chi connectivity index (χ3v) is 2.45. The zero-order chi connectivity index (χ0) is 14.4. The number of para-hydroxylation sites is 2. The lowest BCUT2D eigenvalue weighted by atomic mass is 10.3. The molecule has 4 N–H and O–H groups in total. The number of carbonyl (C=O) groups excluding carboxylic acids is 1. The summed E-state index contributed by atoms with van der Waals surface area (Å²) in [7, 11) is 0. The quantitative estimate of drug-likeness (QED) is 0.562. The normalized spacial score (nSPS) is 9.90. The summed E-state index contributed by atoms with van der Waals surface area (Å²) < 4.78 is 5.44. The number of anilines is 2. The molecule has 1 amide bonds. The van der Waals surface area contributed by atoms with Crippen LogP contribution in [0.1, 0.15) is 17.4 Å². The van der Waals surface area contributed by atoms with Crippen LogP contribution in [-0.4, -0.2) is 22.5 Å². The maximum absolute atomic E-state index is 12.1. The van der Waals surface area contributed by atoms with Gasteiger partial charge in [-0.25, -0.2) is 10.8 Å². The molecule has 0 aliphatic rings. The van der Waals surface area contributed by atoms with Crippen molar-refractivity contribution in [2.45, 2.75) is 6.92 Å². The Balaban J connectivity index is 2.19. The summed E-state index contributed by atoms with van der Waals surface area (Å²) >= 11 is 0. The maximum Gasteiger partial charge on any atom is 0.276 e. The number of hydrogen-bond donors (Lipinski definition) is 3. The number of nitrogens with zero attached hydrogens (tertiary/aromatic N) is 2. The number of aromatic nitrogens is 2. The summed E-state index contributed by atoms with van der Waals surface area (Å²) in [5.41, 5.74) is 3.07. The number of nitrogen functional groups attached to an aromatic ring is 1. The van der Waals surface area contributed by atoms with Crippen molar-refractivity contribution in [3.63, 3.8) is 0 Å². The lowest BCUT2D eigenvalue weighted by molar-refractivity contribution is 0.102. The molecular weight excluding hydrogens is 258 g/mol. The van der Waals surface area contributed by atoms with Gasteiger partial charge in [-0.2, -0.15) is 0 Å². The van der Waals surface area contributed by atoms with E-state index in [4.69, 9.17) is 10.6 Å². The Morgan fingerprint density at radius 3 is 2.90 bits per heavy atom. The average molecular weight is 273 g/mol. The van der Waals surface area contributed by atoms with Gasteiger partial charge in [-0.05, 0) is 19.1 Å². The van der Waals surface area contributed by atoms with Gasteiger partial charge in [0.25, 0.3) is 5.91 Å². The predicted octanol–water partition coefficient (Wildman–Crippen LogP) is 1.41. The van der Waals surface area contributed by atoms with E-state index in [-0.39, 0.29) is 11.6 Å². The second-order valence-corrected chi connectivity index (χ2v) is 3.82. The van der Waals surface area contributed by atoms with Gasteiger partial charge in [-0.15, -0.1) is 0 Å². The van der Waals surface area contributed by atoms with Gasteiger partial charge in [0.1, 0.15) is 11.4 Å². The van der Waals surface area contributed by atoms with Gasteiger partial charge in [0, 0.05) is 0 Å². The molecule has 1 aromatic heterocycles. The third-order valence-electron chi connectivity index (χ3n) is 2.45. The van der Waals surface area contributed by atoms with Crippen LogP contribution in [0.3, 0.4) is 0 Å². The standard InChI is InChI=1S/C13H15N5O2/c1-2-20-11-6-4-3-5-9(11)17-13(19)10-7-15-8-12(16-10)18-14/h3-8H,2,14H2,1H3,(H,16,18)(H,17,19). The lowest BCUT2D eigenvalue weighted by Crippen LogP contribution is -2.17. The minimum absolute atomic E-state index is 0.159. The van der Waals surface area contributed by atoms with E-state index in [9.17, 15) is 4.79 Å². The van der Waals surface area contributed by atoms with Crippen molar-refractivity contribution in [3.8, 4) is 5.75 Å². The predicted molar refractivity (Wildman–Crippen MR) is 75.4 cm³/mol. The molecule has 20 heavy (non-hydrogen) atoms. The van der Waals surface area contributed by atoms with Crippen molar-refractivity contribution in [2.24, 2.45) is 5.84 Å². The first-order chi connectivity index (χ1) is 9.74. The zero-order valence-electron chi connectivity index (χ0n) is 11.0. The highest BCUT2D eigenvalue weighted by molar-refractivity contribution is 6.03. The van der Waals surface area contributed by atoms with E-state index in [2.05, 4.69) is 20.7 Å². The highest BCUT2D eigenvalue weighted by atomic mass is 16.5. The summed E-state index contributed by atoms with van der Waals surface area (Å²) in [5, 5.41) is 2.73. The van der Waals surface area contributed by atoms with Gasteiger partial charge in [0.05, 0.1) is 24.7 Å². The number of benzene rings is 1. The van der Waals surface area contributed by atoms with Crippen LogP contribution in [0.2, 0.25) is 0 Å². The minimum Gasteiger partial charge on any atom is -0.492 e. The monoisotopic (exact) mass is 273 g/mol. The van der Waals surface area contributed by atoms with E-state index >= 15 is 0 Å². The summed E-state index contributed by atoms with van der Waals surface area (Å²) in [6.45, 7) is 2.39. The summed E-state index contributed by atoms with van der Waals surface area (Å²) in [4.78, 5) is 20.0. The molecule has 0 bridgehead atoms. The number of rotatable bonds is 5. The Morgan fingerprint density at radius 2 is 2.15 bits per heavy atom. The fourth-order valence-electron chi connectivity index (χ4n) is 1.58. The second-order valence-electron chi connectivity index (χ2n) is 3.82. The topological polar surface area (TPSA) is 102 Å². The van der Waals surface area contributed by atoms with Crippen molar-refractivity contribution < 1.29 is 9.53 Å². The number of hydrazine groups is 1. The SMILES string of the molecule is CCOc1ccccc1NC(=O)c1cncc(NN)n1. The fraction of sp³-hybridized carbons (Fsp3) is 0.154. The van der Waals surface area contributed by atoms with E-state index in [1.165, 1.54) is 12.4 Å². The zero-order valence-corrected chi connectivity index (χ0v) is 11.0. The van der Waals surface area contributed by atoms with Crippen molar-refractivity contribution in [1.82, 2.24) is 9.97 Å². The minimum atomic E-state index is -0.387. The van der Waals surface area contributed by atoms with Gasteiger partial charge in [0.15, 0.2) is 5.82 Å². The van der Waals surface area contributed by atoms with E-state index in [0.717, 1.165) is 0 Å². The third kappa shape index (κ3) is 3.21. The molecule has 1 heterocycles. The van der Waals surface area contributed by atoms with Crippen LogP contribution in [0.25, 0.3) is 0 Å². The van der Waals surface area contributed by atoms with Gasteiger partial charge in [0.2, 0.25) is 0 Å². The molecule has 0 fully saturated rings. The van der Waals surface area contributed by atoms with Gasteiger partial charge in [-0.3, -0.25) is 9.78 Å². The van der Waals surface area contributed by atoms with E-state index in [1.807, 2.05) is 19.1 Å². The molecule has 7 heteroatoms. The second kappa shape index (κ2) is 6.48. The first-order valence-electron chi connectivity index (χ1n) is 6.06. The molecule has 2 aromatic rings. The number of nitrogens with one attached hydrogen (secondary N) is 2. The van der Waals surface area contributed by atoms with E-state index in [1.54, 1.807) is 12.1 Å². The van der Waals surface area contributed by atoms with E-state index < -0.39 is 0 Å². The molecule has 7 nitrogen and oxygen atoms in total. The molecule has 104 valence electrons. The molecule has 0 saturated heterocycles. The molecular formula is C13H15N5O2. The smallest absolute Gasteiger partial charge is 0.276 e. The van der Waals surface area contributed by atoms with Crippen molar-refractivity contribution in [3.05, 3.63) is 42.4 Å². The maximum atomic E-state index is 12.1. The summed E-state index contributed by atoms with van der Waals surface area (Å²) in [6.07, 6.45) is 2.78. The Hall–Kier alpha value is -2.67. The van der Waals surface area contributed by atoms with Crippen molar-refractivity contribution in [1.29, 1.82) is 0 Å². The molecule has 0 aliphatic carbocycles. The Labute approximate surface area is 116 Å². The number of carbonyl (C=O) groups is 1. The number of ether oxygens (including phenoxy) is 1. The number of nitrogens with two attached hydrogens (primary N) is 1. The van der Waals surface area contributed by atoms with Crippen LogP contribution in [0.15, 0.2) is 36.7 Å². The van der Waals surface area contributed by atoms with Crippen LogP contribution < -0.4 is 21.3 Å². The van der Waals surface area contributed by atoms with Gasteiger partial charge >= 0.3 is 0 Å². The highest BCUT2D eigenvalue weighted by Gasteiger charge is 2.11. The molecule has 0 spiro atoms. The fourth-order valence-corrected chi connectivity index (χ4v) is 1.58. The van der Waals surface area contributed by atoms with Crippen LogP contribution in [0.5, 0.6) is 5.75 Å². The van der Waals surface area contributed by atoms with Crippen molar-refractivity contribution >= 4 is 17.4 Å². The Bertz CT molecular complexity index is 603. The number of amides is 1. The molecule has 2 rings (SSSR count). The molecule has 1 aromatic carbocycles. The van der Waals surface area contributed by atoms with Gasteiger partial charge < -0.3 is 15.5 Å². The highest BCUT2D eigenvalue weighted by Crippen LogP contribution is 2.24. The first kappa shape index (κ1) is 13.8. The first-order valence-corrected chi connectivity index (χ1v) is 6.06. The van der Waals surface area contributed by atoms with Crippen LogP contribution in [0, 0.1) is 0 Å². The lowest BCUT2D eigenvalue weighted by Gasteiger charge is -2.11. The van der Waals surface area contributed by atoms with E-state index in [0.29, 0.717) is 23.9 Å². The largest absolute Gasteiger partial charge is 0.492 e. The molecule has 0 unspecified atom stereocenters. The summed E-state index contributed by atoms with van der Waals surface area (Å²) in [6, 6.07) is 7.17. The molecule has 0 aliphatic heterocycles. The molecule has 0 radical (unpaired) electrons.